The predicted octanol–water partition coefficient (Wildman–Crippen LogP) is 3.83. The standard InChI is InChI=1S/C22H19BrClF3N4O3S/c1-35(33,34)12-19(31-20(22(25,26)27)14-4-6-16(23)7-5-14)21(32)30-17(11-29)9-15-3-2-13(10-28)8-18(15)24/h2-8,17,19-20,31H,9,12H2,1H3,(H,30,32). The summed E-state index contributed by atoms with van der Waals surface area (Å²) in [5.41, 5.74) is 0.459. The van der Waals surface area contributed by atoms with Crippen LogP contribution < -0.4 is 10.6 Å². The van der Waals surface area contributed by atoms with E-state index < -0.39 is 45.8 Å². The summed E-state index contributed by atoms with van der Waals surface area (Å²) in [7, 11) is -3.90. The fourth-order valence-electron chi connectivity index (χ4n) is 3.14. The van der Waals surface area contributed by atoms with Gasteiger partial charge in [-0.1, -0.05) is 45.7 Å². The Labute approximate surface area is 213 Å². The van der Waals surface area contributed by atoms with Gasteiger partial charge in [-0.3, -0.25) is 10.1 Å². The largest absolute Gasteiger partial charge is 0.407 e. The van der Waals surface area contributed by atoms with E-state index in [1.807, 2.05) is 12.1 Å². The van der Waals surface area contributed by atoms with Crippen LogP contribution in [0, 0.1) is 22.7 Å². The van der Waals surface area contributed by atoms with Crippen LogP contribution in [0.15, 0.2) is 46.9 Å². The predicted molar refractivity (Wildman–Crippen MR) is 127 cm³/mol. The molecule has 3 atom stereocenters. The molecule has 0 aliphatic heterocycles. The van der Waals surface area contributed by atoms with Crippen LogP contribution in [0.1, 0.15) is 22.7 Å². The van der Waals surface area contributed by atoms with Gasteiger partial charge >= 0.3 is 6.18 Å². The average molecular weight is 592 g/mol. The van der Waals surface area contributed by atoms with E-state index in [0.29, 0.717) is 10.0 Å². The molecule has 3 unspecified atom stereocenters. The fraction of sp³-hybridized carbons (Fsp3) is 0.318. The molecule has 0 saturated heterocycles. The molecular formula is C22H19BrClF3N4O3S. The van der Waals surface area contributed by atoms with Crippen molar-refractivity contribution in [1.29, 1.82) is 10.5 Å². The maximum atomic E-state index is 13.8. The molecule has 0 saturated carbocycles. The lowest BCUT2D eigenvalue weighted by Crippen LogP contribution is -2.54. The van der Waals surface area contributed by atoms with Crippen LogP contribution in [0.25, 0.3) is 0 Å². The summed E-state index contributed by atoms with van der Waals surface area (Å²) in [5.74, 6) is -2.03. The van der Waals surface area contributed by atoms with E-state index in [0.717, 1.165) is 6.26 Å². The number of sulfone groups is 1. The maximum absolute atomic E-state index is 13.8. The summed E-state index contributed by atoms with van der Waals surface area (Å²) < 4.78 is 65.8. The lowest BCUT2D eigenvalue weighted by molar-refractivity contribution is -0.160. The van der Waals surface area contributed by atoms with Crippen LogP contribution in [0.3, 0.4) is 0 Å². The van der Waals surface area contributed by atoms with Crippen molar-refractivity contribution in [3.05, 3.63) is 68.7 Å². The fourth-order valence-corrected chi connectivity index (χ4v) is 4.52. The minimum Gasteiger partial charge on any atom is -0.339 e. The molecule has 186 valence electrons. The molecule has 0 heterocycles. The molecule has 7 nitrogen and oxygen atoms in total. The highest BCUT2D eigenvalue weighted by molar-refractivity contribution is 9.10. The van der Waals surface area contributed by atoms with Crippen LogP contribution in [0.2, 0.25) is 5.02 Å². The second-order valence-electron chi connectivity index (χ2n) is 7.65. The molecule has 0 radical (unpaired) electrons. The number of nitriles is 2. The molecule has 0 spiro atoms. The topological polar surface area (TPSA) is 123 Å². The van der Waals surface area contributed by atoms with Gasteiger partial charge in [0.2, 0.25) is 5.91 Å². The van der Waals surface area contributed by atoms with E-state index in [9.17, 15) is 31.6 Å². The third-order valence-corrected chi connectivity index (χ3v) is 6.58. The van der Waals surface area contributed by atoms with Crippen molar-refractivity contribution in [1.82, 2.24) is 10.6 Å². The van der Waals surface area contributed by atoms with E-state index >= 15 is 0 Å². The van der Waals surface area contributed by atoms with E-state index in [4.69, 9.17) is 16.9 Å². The molecular weight excluding hydrogens is 573 g/mol. The van der Waals surface area contributed by atoms with Crippen molar-refractivity contribution in [2.75, 3.05) is 12.0 Å². The summed E-state index contributed by atoms with van der Waals surface area (Å²) >= 11 is 9.23. The van der Waals surface area contributed by atoms with Crippen LogP contribution in [-0.2, 0) is 21.1 Å². The molecule has 0 fully saturated rings. The average Bonchev–Trinajstić information content (AvgIpc) is 2.76. The monoisotopic (exact) mass is 590 g/mol. The first-order valence-corrected chi connectivity index (χ1v) is 13.1. The second kappa shape index (κ2) is 11.9. The van der Waals surface area contributed by atoms with Crippen LogP contribution in [0.5, 0.6) is 0 Å². The number of hydrogen-bond donors (Lipinski definition) is 2. The van der Waals surface area contributed by atoms with Crippen molar-refractivity contribution in [3.8, 4) is 12.1 Å². The van der Waals surface area contributed by atoms with Crippen molar-refractivity contribution >= 4 is 43.3 Å². The molecule has 13 heteroatoms. The summed E-state index contributed by atoms with van der Waals surface area (Å²) in [6.45, 7) is 0. The maximum Gasteiger partial charge on any atom is 0.407 e. The zero-order valence-corrected chi connectivity index (χ0v) is 21.3. The molecule has 2 N–H and O–H groups in total. The third-order valence-electron chi connectivity index (χ3n) is 4.76. The van der Waals surface area contributed by atoms with Crippen molar-refractivity contribution in [2.45, 2.75) is 30.7 Å². The number of rotatable bonds is 9. The van der Waals surface area contributed by atoms with E-state index in [1.54, 1.807) is 0 Å². The number of hydrogen-bond acceptors (Lipinski definition) is 6. The van der Waals surface area contributed by atoms with Gasteiger partial charge in [0.1, 0.15) is 28.0 Å². The first-order valence-electron chi connectivity index (χ1n) is 9.88. The van der Waals surface area contributed by atoms with Crippen LogP contribution in [0.4, 0.5) is 13.2 Å². The van der Waals surface area contributed by atoms with Crippen molar-refractivity contribution < 1.29 is 26.4 Å². The van der Waals surface area contributed by atoms with Crippen LogP contribution >= 0.6 is 27.5 Å². The Hall–Kier alpha value is -2.64. The van der Waals surface area contributed by atoms with Gasteiger partial charge in [-0.05, 0) is 35.4 Å². The number of halogens is 5. The second-order valence-corrected chi connectivity index (χ2v) is 11.2. The highest BCUT2D eigenvalue weighted by Gasteiger charge is 2.43. The number of amides is 1. The number of carbonyl (C=O) groups excluding carboxylic acids is 1. The Morgan fingerprint density at radius 1 is 1.17 bits per heavy atom. The molecule has 2 rings (SSSR count). The third kappa shape index (κ3) is 8.82. The Morgan fingerprint density at radius 2 is 1.80 bits per heavy atom. The van der Waals surface area contributed by atoms with Gasteiger partial charge in [0.15, 0.2) is 0 Å². The van der Waals surface area contributed by atoms with Crippen LogP contribution in [-0.4, -0.2) is 44.6 Å². The number of alkyl halides is 3. The smallest absolute Gasteiger partial charge is 0.339 e. The number of nitrogens with one attached hydrogen (secondary N) is 2. The molecule has 0 aromatic heterocycles. The molecule has 0 aliphatic rings. The minimum absolute atomic E-state index is 0.117. The highest BCUT2D eigenvalue weighted by Crippen LogP contribution is 2.33. The lowest BCUT2D eigenvalue weighted by atomic mass is 10.0. The highest BCUT2D eigenvalue weighted by atomic mass is 79.9. The zero-order valence-electron chi connectivity index (χ0n) is 18.1. The Bertz CT molecular complexity index is 1260. The molecule has 2 aromatic rings. The van der Waals surface area contributed by atoms with Crippen molar-refractivity contribution in [3.63, 3.8) is 0 Å². The van der Waals surface area contributed by atoms with Gasteiger partial charge in [0.25, 0.3) is 0 Å². The molecule has 0 aliphatic carbocycles. The van der Waals surface area contributed by atoms with E-state index in [1.165, 1.54) is 42.5 Å². The molecule has 35 heavy (non-hydrogen) atoms. The van der Waals surface area contributed by atoms with Gasteiger partial charge in [0.05, 0.1) is 23.5 Å². The number of carbonyl (C=O) groups is 1. The Kier molecular flexibility index (Phi) is 9.69. The Balaban J connectivity index is 2.30. The first kappa shape index (κ1) is 28.6. The summed E-state index contributed by atoms with van der Waals surface area (Å²) in [6, 6.07) is 7.78. The lowest BCUT2D eigenvalue weighted by Gasteiger charge is -2.27. The number of nitrogens with zero attached hydrogens (tertiary/aromatic N) is 2. The van der Waals surface area contributed by atoms with Crippen molar-refractivity contribution in [2.24, 2.45) is 0 Å². The van der Waals surface area contributed by atoms with Gasteiger partial charge in [0, 0.05) is 22.2 Å². The normalized spacial score (nSPS) is 14.3. The Morgan fingerprint density at radius 3 is 2.29 bits per heavy atom. The van der Waals surface area contributed by atoms with Gasteiger partial charge in [-0.2, -0.15) is 23.7 Å². The van der Waals surface area contributed by atoms with E-state index in [-0.39, 0.29) is 22.6 Å². The minimum atomic E-state index is -4.85. The summed E-state index contributed by atoms with van der Waals surface area (Å²) in [4.78, 5) is 12.9. The van der Waals surface area contributed by atoms with E-state index in [2.05, 4.69) is 26.6 Å². The SMILES string of the molecule is CS(=O)(=O)CC(NC(c1ccc(Br)cc1)C(F)(F)F)C(=O)NC(C#N)Cc1ccc(C#N)cc1Cl. The van der Waals surface area contributed by atoms with Gasteiger partial charge < -0.3 is 5.32 Å². The summed E-state index contributed by atoms with van der Waals surface area (Å²) in [6.07, 6.45) is -4.18. The summed E-state index contributed by atoms with van der Waals surface area (Å²) in [5, 5.41) is 22.9. The zero-order chi connectivity index (χ0) is 26.4. The molecule has 0 bridgehead atoms. The quantitative estimate of drug-likeness (QED) is 0.457. The number of benzene rings is 2. The van der Waals surface area contributed by atoms with Gasteiger partial charge in [-0.25, -0.2) is 8.42 Å². The molecule has 1 amide bonds. The van der Waals surface area contributed by atoms with Gasteiger partial charge in [-0.15, -0.1) is 0 Å². The first-order chi connectivity index (χ1) is 16.2. The molecule has 2 aromatic carbocycles.